The zero-order valence-electron chi connectivity index (χ0n) is 18.9. The highest BCUT2D eigenvalue weighted by Gasteiger charge is 2.27. The highest BCUT2D eigenvalue weighted by Crippen LogP contribution is 2.34. The number of anilines is 1. The van der Waals surface area contributed by atoms with Gasteiger partial charge in [-0.05, 0) is 40.8 Å². The number of carbonyl (C=O) groups excluding carboxylic acids is 1. The first-order valence-electron chi connectivity index (χ1n) is 11.5. The summed E-state index contributed by atoms with van der Waals surface area (Å²) in [4.78, 5) is 17.7. The second kappa shape index (κ2) is 9.67. The van der Waals surface area contributed by atoms with Crippen LogP contribution >= 0.6 is 0 Å². The number of nitrogen functional groups attached to an aromatic ring is 1. The molecule has 2 aliphatic heterocycles. The molecule has 1 aromatic heterocycles. The third-order valence-corrected chi connectivity index (χ3v) is 6.56. The van der Waals surface area contributed by atoms with E-state index in [0.29, 0.717) is 49.4 Å². The van der Waals surface area contributed by atoms with E-state index in [-0.39, 0.29) is 29.9 Å². The summed E-state index contributed by atoms with van der Waals surface area (Å²) in [7, 11) is 0. The van der Waals surface area contributed by atoms with E-state index in [9.17, 15) is 18.0 Å². The van der Waals surface area contributed by atoms with E-state index in [1.165, 1.54) is 0 Å². The number of halogens is 3. The van der Waals surface area contributed by atoms with E-state index in [1.807, 2.05) is 6.07 Å². The van der Waals surface area contributed by atoms with Gasteiger partial charge < -0.3 is 15.8 Å². The molecule has 1 amide bonds. The van der Waals surface area contributed by atoms with Crippen LogP contribution in [0.5, 0.6) is 0 Å². The summed E-state index contributed by atoms with van der Waals surface area (Å²) in [5, 5.41) is 2.81. The smallest absolute Gasteiger partial charge is 0.251 e. The molecule has 0 saturated carbocycles. The number of aromatic nitrogens is 1. The molecule has 3 N–H and O–H groups in total. The van der Waals surface area contributed by atoms with Gasteiger partial charge >= 0.3 is 0 Å². The second-order valence-electron chi connectivity index (χ2n) is 8.74. The maximum absolute atomic E-state index is 14.9. The lowest BCUT2D eigenvalue weighted by Crippen LogP contribution is -2.41. The first-order chi connectivity index (χ1) is 16.9. The number of hydrogen-bond acceptors (Lipinski definition) is 5. The van der Waals surface area contributed by atoms with E-state index in [0.717, 1.165) is 16.7 Å². The van der Waals surface area contributed by atoms with Crippen molar-refractivity contribution in [3.63, 3.8) is 0 Å². The number of nitrogens with one attached hydrogen (secondary N) is 1. The van der Waals surface area contributed by atoms with Crippen molar-refractivity contribution in [2.24, 2.45) is 0 Å². The second-order valence-corrected chi connectivity index (χ2v) is 8.74. The molecule has 0 spiro atoms. The Morgan fingerprint density at radius 3 is 2.63 bits per heavy atom. The van der Waals surface area contributed by atoms with Crippen LogP contribution in [0.1, 0.15) is 27.5 Å². The quantitative estimate of drug-likeness (QED) is 0.536. The molecule has 5 rings (SSSR count). The lowest BCUT2D eigenvalue weighted by molar-refractivity contribution is -0.0335. The summed E-state index contributed by atoms with van der Waals surface area (Å²) in [6, 6.07) is 13.9. The Bertz CT molecular complexity index is 1250. The van der Waals surface area contributed by atoms with Crippen molar-refractivity contribution in [3.05, 3.63) is 71.2 Å². The third-order valence-electron chi connectivity index (χ3n) is 6.56. The van der Waals surface area contributed by atoms with E-state index >= 15 is 0 Å². The van der Waals surface area contributed by atoms with E-state index in [1.54, 1.807) is 47.4 Å². The molecule has 0 radical (unpaired) electrons. The molecule has 2 aromatic carbocycles. The lowest BCUT2D eigenvalue weighted by Gasteiger charge is -2.35. The van der Waals surface area contributed by atoms with Gasteiger partial charge in [-0.2, -0.15) is 4.39 Å². The molecule has 2 aliphatic rings. The minimum atomic E-state index is -2.43. The molecule has 1 saturated heterocycles. The lowest BCUT2D eigenvalue weighted by atomic mass is 9.93. The minimum Gasteiger partial charge on any atom is -0.383 e. The molecular weight excluding hydrogens is 457 g/mol. The van der Waals surface area contributed by atoms with Crippen molar-refractivity contribution >= 4 is 11.7 Å². The fourth-order valence-electron chi connectivity index (χ4n) is 4.76. The van der Waals surface area contributed by atoms with Crippen LogP contribution in [-0.4, -0.2) is 55.1 Å². The summed E-state index contributed by atoms with van der Waals surface area (Å²) in [6.45, 7) is 1.41. The molecule has 35 heavy (non-hydrogen) atoms. The van der Waals surface area contributed by atoms with Crippen LogP contribution < -0.4 is 11.1 Å². The van der Waals surface area contributed by atoms with Gasteiger partial charge in [0.25, 0.3) is 12.3 Å². The molecule has 182 valence electrons. The van der Waals surface area contributed by atoms with Gasteiger partial charge in [0.05, 0.1) is 25.8 Å². The number of carbonyl (C=O) groups is 1. The van der Waals surface area contributed by atoms with Crippen molar-refractivity contribution in [1.82, 2.24) is 15.2 Å². The van der Waals surface area contributed by atoms with E-state index in [2.05, 4.69) is 10.3 Å². The van der Waals surface area contributed by atoms with Crippen LogP contribution in [-0.2, 0) is 11.2 Å². The van der Waals surface area contributed by atoms with Crippen LogP contribution in [0.15, 0.2) is 48.5 Å². The summed E-state index contributed by atoms with van der Waals surface area (Å²) in [5.74, 6) is -0.749. The molecule has 0 aliphatic carbocycles. The Hall–Kier alpha value is -3.43. The van der Waals surface area contributed by atoms with Crippen LogP contribution in [0.4, 0.5) is 19.0 Å². The molecule has 9 heteroatoms. The van der Waals surface area contributed by atoms with Crippen LogP contribution in [0.2, 0.25) is 0 Å². The maximum Gasteiger partial charge on any atom is 0.251 e. The molecule has 1 atom stereocenters. The minimum absolute atomic E-state index is 0.0603. The average molecular weight is 483 g/mol. The normalized spacial score (nSPS) is 18.4. The van der Waals surface area contributed by atoms with Gasteiger partial charge in [0.15, 0.2) is 0 Å². The van der Waals surface area contributed by atoms with Crippen molar-refractivity contribution < 1.29 is 22.7 Å². The van der Waals surface area contributed by atoms with Gasteiger partial charge in [0.1, 0.15) is 5.82 Å². The molecule has 1 fully saturated rings. The molecule has 0 bridgehead atoms. The zero-order chi connectivity index (χ0) is 24.5. The third kappa shape index (κ3) is 4.74. The Kier molecular flexibility index (Phi) is 6.44. The Balaban J connectivity index is 1.46. The summed E-state index contributed by atoms with van der Waals surface area (Å²) >= 11 is 0. The van der Waals surface area contributed by atoms with Gasteiger partial charge in [0.2, 0.25) is 5.95 Å². The molecule has 3 aromatic rings. The number of ether oxygens (including phenoxy) is 1. The van der Waals surface area contributed by atoms with Gasteiger partial charge in [0, 0.05) is 29.8 Å². The molecule has 6 nitrogen and oxygen atoms in total. The predicted octanol–water partition coefficient (Wildman–Crippen LogP) is 4.06. The van der Waals surface area contributed by atoms with Crippen molar-refractivity contribution in [1.29, 1.82) is 0 Å². The molecular formula is C26H25F3N4O2. The number of pyridine rings is 1. The predicted molar refractivity (Wildman–Crippen MR) is 127 cm³/mol. The number of nitrogens with zero attached hydrogens (tertiary/aromatic N) is 2. The average Bonchev–Trinajstić information content (AvgIpc) is 2.84. The summed E-state index contributed by atoms with van der Waals surface area (Å²) in [6.07, 6.45) is -1.73. The number of nitrogens with two attached hydrogens (primary N) is 1. The largest absolute Gasteiger partial charge is 0.383 e. The Morgan fingerprint density at radius 1 is 1.09 bits per heavy atom. The highest BCUT2D eigenvalue weighted by molar-refractivity contribution is 5.97. The van der Waals surface area contributed by atoms with E-state index in [4.69, 9.17) is 10.5 Å². The first-order valence-corrected chi connectivity index (χ1v) is 11.5. The standard InChI is InChI=1S/C26H25F3N4O2/c27-23(28)13-33-9-10-35-14-22(33)16-3-1-15(2-4-16)20-12-21(25(30)32-24(20)29)17-5-6-19-18(11-17)7-8-31-26(19)34/h1-6,11-12,22-23H,7-10,13-14H2,(H2,30,32)(H,31,34). The Morgan fingerprint density at radius 2 is 1.86 bits per heavy atom. The van der Waals surface area contributed by atoms with Gasteiger partial charge in [-0.25, -0.2) is 13.8 Å². The first kappa shape index (κ1) is 23.3. The number of alkyl halides is 2. The van der Waals surface area contributed by atoms with Gasteiger partial charge in [-0.15, -0.1) is 0 Å². The summed E-state index contributed by atoms with van der Waals surface area (Å²) in [5.41, 5.74) is 10.6. The highest BCUT2D eigenvalue weighted by atomic mass is 19.3. The molecule has 3 heterocycles. The van der Waals surface area contributed by atoms with E-state index < -0.39 is 12.4 Å². The van der Waals surface area contributed by atoms with Crippen LogP contribution in [0.3, 0.4) is 0 Å². The Labute approximate surface area is 200 Å². The number of benzene rings is 2. The molecule has 1 unspecified atom stereocenters. The topological polar surface area (TPSA) is 80.5 Å². The van der Waals surface area contributed by atoms with Gasteiger partial charge in [-0.1, -0.05) is 36.4 Å². The fourth-order valence-corrected chi connectivity index (χ4v) is 4.76. The zero-order valence-corrected chi connectivity index (χ0v) is 18.9. The van der Waals surface area contributed by atoms with Crippen molar-refractivity contribution in [2.75, 3.05) is 38.6 Å². The number of rotatable bonds is 5. The number of hydrogen-bond donors (Lipinski definition) is 2. The summed E-state index contributed by atoms with van der Waals surface area (Å²) < 4.78 is 46.4. The van der Waals surface area contributed by atoms with Crippen molar-refractivity contribution in [3.8, 4) is 22.3 Å². The van der Waals surface area contributed by atoms with Crippen molar-refractivity contribution in [2.45, 2.75) is 18.9 Å². The monoisotopic (exact) mass is 482 g/mol. The number of morpholine rings is 1. The maximum atomic E-state index is 14.9. The van der Waals surface area contributed by atoms with Crippen LogP contribution in [0.25, 0.3) is 22.3 Å². The number of amides is 1. The fraction of sp³-hybridized carbons (Fsp3) is 0.308. The number of fused-ring (bicyclic) bond motifs is 1. The van der Waals surface area contributed by atoms with Gasteiger partial charge in [-0.3, -0.25) is 9.69 Å². The van der Waals surface area contributed by atoms with Crippen LogP contribution in [0, 0.1) is 5.95 Å². The SMILES string of the molecule is Nc1nc(F)c(-c2ccc(C3COCCN3CC(F)F)cc2)cc1-c1ccc2c(c1)CCNC2=O.